The number of aliphatic carboxylic acids is 4. The van der Waals surface area contributed by atoms with E-state index in [1.807, 2.05) is 0 Å². The van der Waals surface area contributed by atoms with E-state index in [1.54, 1.807) is 24.3 Å². The predicted molar refractivity (Wildman–Crippen MR) is 241 cm³/mol. The van der Waals surface area contributed by atoms with Crippen LogP contribution in [0.3, 0.4) is 0 Å². The molecule has 1 aliphatic rings. The van der Waals surface area contributed by atoms with E-state index in [1.165, 1.54) is 0 Å². The summed E-state index contributed by atoms with van der Waals surface area (Å²) in [5, 5.41) is 63.1. The van der Waals surface area contributed by atoms with Crippen LogP contribution in [0.1, 0.15) is 77.2 Å². The number of rotatable bonds is 14. The Morgan fingerprint density at radius 1 is 0.714 bits per heavy atom. The van der Waals surface area contributed by atoms with Crippen LogP contribution in [0.25, 0.3) is 10.9 Å². The molecule has 1 aromatic carbocycles. The normalized spacial score (nSPS) is 23.5. The van der Waals surface area contributed by atoms with Gasteiger partial charge in [0.15, 0.2) is 11.6 Å². The summed E-state index contributed by atoms with van der Waals surface area (Å²) in [6.07, 6.45) is -8.64. The van der Waals surface area contributed by atoms with Crippen LogP contribution in [0.15, 0.2) is 29.3 Å². The zero-order valence-corrected chi connectivity index (χ0v) is 38.8. The van der Waals surface area contributed by atoms with Crippen molar-refractivity contribution in [2.24, 2.45) is 17.6 Å². The number of aromatic nitrogens is 1. The number of hydrogen-bond donors (Lipinski definition) is 13. The molecule has 0 saturated heterocycles. The van der Waals surface area contributed by atoms with Gasteiger partial charge in [-0.3, -0.25) is 62.3 Å². The van der Waals surface area contributed by atoms with Gasteiger partial charge in [0.2, 0.25) is 41.4 Å². The first-order chi connectivity index (χ1) is 32.9. The summed E-state index contributed by atoms with van der Waals surface area (Å²) in [4.78, 5) is 171. The maximum Gasteiger partial charge on any atom is 0.305 e. The molecule has 0 saturated carbocycles. The number of Topliss-reactive ketones (excluding diaryl/α,β-unsaturated/α-hetero) is 2. The minimum absolute atomic E-state index is 0.283. The van der Waals surface area contributed by atoms with Gasteiger partial charge in [-0.1, -0.05) is 18.2 Å². The standard InChI is InChI=1S/C43H56N8O18S/c1-19(52)36-42(69)45-17-23(54)13-21(7-10-32(56)57)38(65)49-30(37(44)64)18-70-43-25(24-5-3-4-6-26(24)50-43)15-29(46-20(2)53)41(68)48-28(16-35(62)63)31(55)14-22(8-11-33(58)59)39(66)47-27(40(67)51-36)9-12-34(60)61/h3-6,19,21-22,27-30,36,50,52H,7-18H2,1-2H3,(H2,44,64)(H,45,69)(H,46,53)(H,47,66)(H,48,68)(H,49,65)(H,51,67)(H,56,57)(H,58,59)(H,60,61)(H,62,63)/t19-,21-,22-,27+,28+,29+,30+,36+/m1/s1. The summed E-state index contributed by atoms with van der Waals surface area (Å²) in [5.41, 5.74) is 6.51. The number of carboxylic acids is 4. The minimum Gasteiger partial charge on any atom is -0.481 e. The summed E-state index contributed by atoms with van der Waals surface area (Å²) in [6, 6.07) is -2.06. The number of benzene rings is 1. The number of hydrogen-bond acceptors (Lipinski definition) is 15. The number of carbonyl (C=O) groups is 13. The van der Waals surface area contributed by atoms with Gasteiger partial charge in [-0.2, -0.15) is 0 Å². The summed E-state index contributed by atoms with van der Waals surface area (Å²) in [5.74, 6) is -18.7. The van der Waals surface area contributed by atoms with Crippen molar-refractivity contribution >= 4 is 99.5 Å². The van der Waals surface area contributed by atoms with E-state index in [2.05, 4.69) is 36.9 Å². The summed E-state index contributed by atoms with van der Waals surface area (Å²) in [6.45, 7) is 1.28. The number of aliphatic hydroxyl groups is 1. The second-order valence-corrected chi connectivity index (χ2v) is 17.5. The Kier molecular flexibility index (Phi) is 21.9. The molecule has 0 spiro atoms. The van der Waals surface area contributed by atoms with Gasteiger partial charge in [-0.05, 0) is 37.8 Å². The number of carboxylic acid groups (broad SMARTS) is 4. The lowest BCUT2D eigenvalue weighted by atomic mass is 9.91. The highest BCUT2D eigenvalue weighted by molar-refractivity contribution is 7.99. The van der Waals surface area contributed by atoms with Gasteiger partial charge in [-0.25, -0.2) is 0 Å². The van der Waals surface area contributed by atoms with Crippen molar-refractivity contribution < 1.29 is 87.9 Å². The number of fused-ring (bicyclic) bond motifs is 3. The molecule has 14 N–H and O–H groups in total. The first-order valence-corrected chi connectivity index (χ1v) is 22.7. The Labute approximate surface area is 402 Å². The Morgan fingerprint density at radius 2 is 1.29 bits per heavy atom. The molecular weight excluding hydrogens is 949 g/mol. The Hall–Kier alpha value is -7.42. The van der Waals surface area contributed by atoms with Gasteiger partial charge in [0, 0.05) is 73.9 Å². The summed E-state index contributed by atoms with van der Waals surface area (Å²) < 4.78 is 0. The average Bonchev–Trinajstić information content (AvgIpc) is 3.62. The number of nitrogens with two attached hydrogens (primary N) is 1. The lowest BCUT2D eigenvalue weighted by Gasteiger charge is -2.26. The third-order valence-electron chi connectivity index (χ3n) is 10.9. The highest BCUT2D eigenvalue weighted by Crippen LogP contribution is 2.32. The quantitative estimate of drug-likeness (QED) is 0.0927. The number of primary amides is 1. The van der Waals surface area contributed by atoms with E-state index in [0.717, 1.165) is 25.6 Å². The van der Waals surface area contributed by atoms with Crippen molar-refractivity contribution in [3.8, 4) is 0 Å². The van der Waals surface area contributed by atoms with E-state index in [9.17, 15) is 87.9 Å². The van der Waals surface area contributed by atoms with Crippen LogP contribution in [0.2, 0.25) is 0 Å². The number of carbonyl (C=O) groups excluding carboxylic acids is 9. The van der Waals surface area contributed by atoms with Gasteiger partial charge in [0.1, 0.15) is 24.2 Å². The molecule has 26 nitrogen and oxygen atoms in total. The van der Waals surface area contributed by atoms with Crippen molar-refractivity contribution in [1.29, 1.82) is 0 Å². The van der Waals surface area contributed by atoms with Crippen LogP contribution in [0.5, 0.6) is 0 Å². The van der Waals surface area contributed by atoms with Gasteiger partial charge >= 0.3 is 23.9 Å². The SMILES string of the molecule is CC(=O)N[C@H]1Cc2c([nH]c3ccccc23)SC[C@@H](C(N)=O)NC(=O)[C@H](CCC(=O)O)CC(=O)CNC(=O)[C@H]([C@@H](C)O)NC(=O)[C@H](CCC(=O)O)NC(=O)[C@H](CCC(=O)O)CC(=O)[C@H](CC(=O)O)NC1=O. The molecule has 70 heavy (non-hydrogen) atoms. The van der Waals surface area contributed by atoms with Crippen molar-refractivity contribution in [2.45, 2.75) is 119 Å². The highest BCUT2D eigenvalue weighted by Gasteiger charge is 2.36. The maximum absolute atomic E-state index is 14.1. The third kappa shape index (κ3) is 18.2. The molecule has 1 aliphatic heterocycles. The second kappa shape index (κ2) is 26.9. The highest BCUT2D eigenvalue weighted by atomic mass is 32.2. The van der Waals surface area contributed by atoms with E-state index in [4.69, 9.17) is 5.73 Å². The molecule has 2 aromatic rings. The first kappa shape index (κ1) is 56.9. The molecule has 8 atom stereocenters. The maximum atomic E-state index is 14.1. The largest absolute Gasteiger partial charge is 0.481 e. The molecule has 0 unspecified atom stereocenters. The lowest BCUT2D eigenvalue weighted by molar-refractivity contribution is -0.142. The lowest BCUT2D eigenvalue weighted by Crippen LogP contribution is -2.58. The van der Waals surface area contributed by atoms with Gasteiger partial charge in [-0.15, -0.1) is 11.8 Å². The molecule has 0 radical (unpaired) electrons. The zero-order chi connectivity index (χ0) is 52.4. The van der Waals surface area contributed by atoms with Crippen molar-refractivity contribution in [3.05, 3.63) is 29.8 Å². The van der Waals surface area contributed by atoms with Crippen LogP contribution in [0, 0.1) is 11.8 Å². The molecule has 3 rings (SSSR count). The van der Waals surface area contributed by atoms with Gasteiger partial charge < -0.3 is 68.2 Å². The number of H-pyrrole nitrogens is 1. The summed E-state index contributed by atoms with van der Waals surface area (Å²) in [7, 11) is 0. The predicted octanol–water partition coefficient (Wildman–Crippen LogP) is -2.54. The number of nitrogens with one attached hydrogen (secondary N) is 7. The average molecular weight is 1010 g/mol. The van der Waals surface area contributed by atoms with E-state index in [-0.39, 0.29) is 17.2 Å². The molecule has 27 heteroatoms. The van der Waals surface area contributed by atoms with E-state index in [0.29, 0.717) is 16.5 Å². The summed E-state index contributed by atoms with van der Waals surface area (Å²) >= 11 is 0.926. The van der Waals surface area contributed by atoms with E-state index < -0.39 is 189 Å². The fourth-order valence-corrected chi connectivity index (χ4v) is 8.39. The smallest absolute Gasteiger partial charge is 0.305 e. The number of thioether (sulfide) groups is 1. The third-order valence-corrected chi connectivity index (χ3v) is 12.0. The number of ketones is 2. The minimum atomic E-state index is -1.91. The Balaban J connectivity index is 2.19. The number of para-hydroxylation sites is 1. The Morgan fingerprint density at radius 3 is 1.86 bits per heavy atom. The van der Waals surface area contributed by atoms with E-state index >= 15 is 0 Å². The Bertz CT molecular complexity index is 2350. The molecule has 0 bridgehead atoms. The molecule has 382 valence electrons. The van der Waals surface area contributed by atoms with Crippen molar-refractivity contribution in [2.75, 3.05) is 12.3 Å². The molecule has 0 fully saturated rings. The molecule has 0 aliphatic carbocycles. The fraction of sp³-hybridized carbons (Fsp3) is 0.512. The van der Waals surface area contributed by atoms with Crippen LogP contribution >= 0.6 is 11.8 Å². The zero-order valence-electron chi connectivity index (χ0n) is 37.9. The van der Waals surface area contributed by atoms with Crippen LogP contribution in [0.4, 0.5) is 0 Å². The molecule has 1 aromatic heterocycles. The first-order valence-electron chi connectivity index (χ1n) is 21.7. The van der Waals surface area contributed by atoms with Crippen LogP contribution in [-0.4, -0.2) is 156 Å². The van der Waals surface area contributed by atoms with Gasteiger partial charge in [0.05, 0.1) is 30.1 Å². The number of aromatic amines is 1. The van der Waals surface area contributed by atoms with Crippen LogP contribution in [-0.2, 0) is 68.7 Å². The monoisotopic (exact) mass is 1000 g/mol. The fourth-order valence-electron chi connectivity index (χ4n) is 7.26. The number of amides is 7. The number of aliphatic hydroxyl groups excluding tert-OH is 1. The molecule has 7 amide bonds. The topological polar surface area (TPSA) is 437 Å². The molecular formula is C43H56N8O18S. The van der Waals surface area contributed by atoms with Gasteiger partial charge in [0.25, 0.3) is 0 Å². The van der Waals surface area contributed by atoms with Crippen LogP contribution < -0.4 is 37.6 Å². The second-order valence-electron chi connectivity index (χ2n) is 16.5. The van der Waals surface area contributed by atoms with Crippen molar-refractivity contribution in [3.63, 3.8) is 0 Å². The molecule has 2 heterocycles. The van der Waals surface area contributed by atoms with Crippen molar-refractivity contribution in [1.82, 2.24) is 36.9 Å².